The van der Waals surface area contributed by atoms with Crippen LogP contribution in [0.15, 0.2) is 0 Å². The summed E-state index contributed by atoms with van der Waals surface area (Å²) in [7, 11) is 0. The molecule has 1 unspecified atom stereocenters. The maximum atomic E-state index is 11.3. The fourth-order valence-corrected chi connectivity index (χ4v) is 0.517. The molecule has 0 aliphatic heterocycles. The van der Waals surface area contributed by atoms with Gasteiger partial charge < -0.3 is 5.11 Å². The molecule has 0 aliphatic carbocycles. The summed E-state index contributed by atoms with van der Waals surface area (Å²) in [5, 5.41) is 6.23. The first-order valence-electron chi connectivity index (χ1n) is 2.19. The summed E-state index contributed by atoms with van der Waals surface area (Å²) in [4.78, 5) is 0. The zero-order valence-corrected chi connectivity index (χ0v) is 10.7. The molecular weight excluding hydrogens is 383 g/mol. The first-order chi connectivity index (χ1) is 3.71. The first kappa shape index (κ1) is 14.0. The second-order valence-electron chi connectivity index (χ2n) is 1.93. The molecule has 1 nitrogen and oxygen atoms in total. The molecule has 0 amide bonds. The van der Waals surface area contributed by atoms with Crippen LogP contribution in [0.3, 0.4) is 0 Å². The molecule has 0 spiro atoms. The molecule has 1 radical (unpaired) electrons. The minimum absolute atomic E-state index is 0. The largest absolute Gasteiger partial charge is 0.393 e. The van der Waals surface area contributed by atoms with Crippen molar-refractivity contribution in [1.29, 1.82) is 0 Å². The van der Waals surface area contributed by atoms with E-state index in [1.165, 1.54) is 0 Å². The van der Waals surface area contributed by atoms with Gasteiger partial charge in [0.05, 0.1) is 6.42 Å². The summed E-state index contributed by atoms with van der Waals surface area (Å²) in [5.74, 6) is 0. The third kappa shape index (κ3) is 12.2. The van der Waals surface area contributed by atoms with Crippen molar-refractivity contribution in [2.24, 2.45) is 0 Å². The standard InChI is InChI=1S/C4H6ClF3O.Ac/c1-3(5,9)2-4(6,7)8;/h9H,2H2,1H3;. The van der Waals surface area contributed by atoms with Crippen LogP contribution in [0.25, 0.3) is 0 Å². The Morgan fingerprint density at radius 3 is 1.70 bits per heavy atom. The Balaban J connectivity index is 0. The Kier molecular flexibility index (Phi) is 6.30. The van der Waals surface area contributed by atoms with Crippen LogP contribution < -0.4 is 0 Å². The van der Waals surface area contributed by atoms with Crippen LogP contribution in [0.4, 0.5) is 13.2 Å². The molecule has 10 heavy (non-hydrogen) atoms. The number of rotatable bonds is 1. The van der Waals surface area contributed by atoms with E-state index >= 15 is 0 Å². The van der Waals surface area contributed by atoms with Gasteiger partial charge in [0.15, 0.2) is 0 Å². The molecule has 0 saturated heterocycles. The van der Waals surface area contributed by atoms with Crippen LogP contribution in [0, 0.1) is 44.1 Å². The number of halogens is 4. The second-order valence-corrected chi connectivity index (χ2v) is 2.75. The Hall–Kier alpha value is 1.48. The molecule has 0 bridgehead atoms. The van der Waals surface area contributed by atoms with E-state index in [1.54, 1.807) is 0 Å². The molecule has 0 aromatic rings. The third-order valence-corrected chi connectivity index (χ3v) is 0.657. The van der Waals surface area contributed by atoms with Crippen LogP contribution >= 0.6 is 11.6 Å². The predicted octanol–water partition coefficient (Wildman–Crippen LogP) is 1.89. The van der Waals surface area contributed by atoms with E-state index in [4.69, 9.17) is 16.7 Å². The average Bonchev–Trinajstić information content (AvgIpc) is 1.14. The number of hydrogen-bond donors (Lipinski definition) is 1. The van der Waals surface area contributed by atoms with E-state index in [-0.39, 0.29) is 44.1 Å². The van der Waals surface area contributed by atoms with Gasteiger partial charge in [-0.3, -0.25) is 0 Å². The Morgan fingerprint density at radius 1 is 1.40 bits per heavy atom. The van der Waals surface area contributed by atoms with Gasteiger partial charge >= 0.3 is 6.18 Å². The molecule has 0 aromatic heterocycles. The smallest absolute Gasteiger partial charge is 0.375 e. The van der Waals surface area contributed by atoms with Gasteiger partial charge in [0.2, 0.25) is 0 Å². The van der Waals surface area contributed by atoms with Crippen molar-refractivity contribution in [3.05, 3.63) is 0 Å². The van der Waals surface area contributed by atoms with Gasteiger partial charge in [-0.15, -0.1) is 0 Å². The first-order valence-corrected chi connectivity index (χ1v) is 2.56. The maximum Gasteiger partial charge on any atom is 0.393 e. The number of alkyl halides is 4. The molecule has 0 fully saturated rings. The minimum atomic E-state index is -4.40. The quantitative estimate of drug-likeness (QED) is 0.679. The molecule has 59 valence electrons. The van der Waals surface area contributed by atoms with Gasteiger partial charge in [0, 0.05) is 44.1 Å². The molecule has 1 N–H and O–H groups in total. The van der Waals surface area contributed by atoms with Crippen molar-refractivity contribution >= 4 is 11.6 Å². The summed E-state index contributed by atoms with van der Waals surface area (Å²) >= 11 is 4.85. The van der Waals surface area contributed by atoms with Crippen molar-refractivity contribution in [2.75, 3.05) is 0 Å². The van der Waals surface area contributed by atoms with Gasteiger partial charge in [0.25, 0.3) is 0 Å². The summed E-state index contributed by atoms with van der Waals surface area (Å²) in [6.07, 6.45) is -5.78. The van der Waals surface area contributed by atoms with Gasteiger partial charge in [0.1, 0.15) is 5.06 Å². The molecule has 0 aromatic carbocycles. The maximum absolute atomic E-state index is 11.3. The zero-order chi connectivity index (χ0) is 7.71. The summed E-state index contributed by atoms with van der Waals surface area (Å²) in [6, 6.07) is 0. The van der Waals surface area contributed by atoms with E-state index in [0.717, 1.165) is 6.92 Å². The average molecular weight is 390 g/mol. The van der Waals surface area contributed by atoms with Crippen LogP contribution in [-0.4, -0.2) is 16.3 Å². The van der Waals surface area contributed by atoms with Gasteiger partial charge in [-0.1, -0.05) is 11.6 Å². The summed E-state index contributed by atoms with van der Waals surface area (Å²) in [6.45, 7) is 0.891. The zero-order valence-electron chi connectivity index (χ0n) is 5.24. The second kappa shape index (κ2) is 4.49. The molecule has 1 atom stereocenters. The molecule has 6 heteroatoms. The molecule has 0 heterocycles. The van der Waals surface area contributed by atoms with Gasteiger partial charge in [-0.25, -0.2) is 0 Å². The Bertz CT molecular complexity index is 85.7. The van der Waals surface area contributed by atoms with Crippen LogP contribution in [0.5, 0.6) is 0 Å². The predicted molar refractivity (Wildman–Crippen MR) is 27.1 cm³/mol. The molecule has 0 rings (SSSR count). The summed E-state index contributed by atoms with van der Waals surface area (Å²) in [5.41, 5.74) is 0. The van der Waals surface area contributed by atoms with E-state index < -0.39 is 17.7 Å². The van der Waals surface area contributed by atoms with Crippen molar-refractivity contribution < 1.29 is 62.3 Å². The molecule has 0 saturated carbocycles. The van der Waals surface area contributed by atoms with Crippen LogP contribution in [0.2, 0.25) is 0 Å². The Labute approximate surface area is 97.5 Å². The van der Waals surface area contributed by atoms with Crippen LogP contribution in [-0.2, 0) is 0 Å². The van der Waals surface area contributed by atoms with Crippen molar-refractivity contribution in [1.82, 2.24) is 0 Å². The van der Waals surface area contributed by atoms with E-state index in [2.05, 4.69) is 0 Å². The number of hydrogen-bond acceptors (Lipinski definition) is 1. The summed E-state index contributed by atoms with van der Waals surface area (Å²) < 4.78 is 33.9. The van der Waals surface area contributed by atoms with E-state index in [0.29, 0.717) is 0 Å². The van der Waals surface area contributed by atoms with Crippen molar-refractivity contribution in [2.45, 2.75) is 24.6 Å². The van der Waals surface area contributed by atoms with E-state index in [1.807, 2.05) is 0 Å². The fraction of sp³-hybridized carbons (Fsp3) is 1.00. The van der Waals surface area contributed by atoms with Crippen LogP contribution in [0.1, 0.15) is 13.3 Å². The fourth-order valence-electron chi connectivity index (χ4n) is 0.366. The van der Waals surface area contributed by atoms with Gasteiger partial charge in [-0.05, 0) is 6.92 Å². The van der Waals surface area contributed by atoms with Crippen molar-refractivity contribution in [3.63, 3.8) is 0 Å². The topological polar surface area (TPSA) is 20.2 Å². The SMILES string of the molecule is CC(O)(Cl)CC(F)(F)F.[Ac]. The third-order valence-electron chi connectivity index (χ3n) is 0.523. The van der Waals surface area contributed by atoms with Gasteiger partial charge in [-0.2, -0.15) is 13.2 Å². The van der Waals surface area contributed by atoms with Crippen molar-refractivity contribution in [3.8, 4) is 0 Å². The molecule has 0 aliphatic rings. The normalized spacial score (nSPS) is 17.4. The Morgan fingerprint density at radius 2 is 1.70 bits per heavy atom. The van der Waals surface area contributed by atoms with E-state index in [9.17, 15) is 13.2 Å². The number of aliphatic hydroxyl groups is 1. The molecular formula is C4H6AcClF3O. The minimum Gasteiger partial charge on any atom is -0.375 e. The monoisotopic (exact) mass is 389 g/mol.